The molecule has 0 aliphatic carbocycles. The number of carbonyl (C=O) groups is 1. The van der Waals surface area contributed by atoms with Crippen LogP contribution in [0.3, 0.4) is 0 Å². The van der Waals surface area contributed by atoms with Crippen LogP contribution in [0.1, 0.15) is 24.0 Å². The first-order valence-corrected chi connectivity index (χ1v) is 6.04. The highest BCUT2D eigenvalue weighted by atomic mass is 16.4. The summed E-state index contributed by atoms with van der Waals surface area (Å²) in [6.45, 7) is 2.32. The fourth-order valence-electron chi connectivity index (χ4n) is 1.81. The zero-order chi connectivity index (χ0) is 13.8. The van der Waals surface area contributed by atoms with Crippen molar-refractivity contribution in [1.29, 1.82) is 0 Å². The second-order valence-electron chi connectivity index (χ2n) is 4.51. The molecule has 1 aromatic heterocycles. The predicted octanol–water partition coefficient (Wildman–Crippen LogP) is 2.08. The summed E-state index contributed by atoms with van der Waals surface area (Å²) in [7, 11) is 0. The number of pyridine rings is 1. The van der Waals surface area contributed by atoms with Gasteiger partial charge in [-0.3, -0.25) is 9.59 Å². The van der Waals surface area contributed by atoms with Crippen LogP contribution in [0.5, 0.6) is 0 Å². The summed E-state index contributed by atoms with van der Waals surface area (Å²) in [6, 6.07) is 10.5. The quantitative estimate of drug-likeness (QED) is 0.912. The van der Waals surface area contributed by atoms with Gasteiger partial charge < -0.3 is 9.67 Å². The van der Waals surface area contributed by atoms with Crippen molar-refractivity contribution >= 4 is 5.97 Å². The number of carboxylic acid groups (broad SMARTS) is 1. The van der Waals surface area contributed by atoms with Crippen LogP contribution < -0.4 is 5.43 Å². The molecule has 0 fully saturated rings. The third kappa shape index (κ3) is 3.31. The van der Waals surface area contributed by atoms with E-state index in [1.54, 1.807) is 19.3 Å². The largest absolute Gasteiger partial charge is 0.481 e. The highest BCUT2D eigenvalue weighted by Gasteiger charge is 2.12. The fraction of sp³-hybridized carbons (Fsp3) is 0.200. The Balaban J connectivity index is 2.12. The first kappa shape index (κ1) is 13.1. The van der Waals surface area contributed by atoms with Crippen molar-refractivity contribution in [2.45, 2.75) is 19.4 Å². The lowest BCUT2D eigenvalue weighted by atomic mass is 10.00. The van der Waals surface area contributed by atoms with Gasteiger partial charge in [-0.25, -0.2) is 0 Å². The van der Waals surface area contributed by atoms with Gasteiger partial charge in [0.2, 0.25) is 0 Å². The van der Waals surface area contributed by atoms with E-state index in [9.17, 15) is 9.59 Å². The van der Waals surface area contributed by atoms with Gasteiger partial charge in [-0.15, -0.1) is 0 Å². The van der Waals surface area contributed by atoms with Crippen LogP contribution in [0.4, 0.5) is 0 Å². The summed E-state index contributed by atoms with van der Waals surface area (Å²) in [5.74, 6) is -1.32. The van der Waals surface area contributed by atoms with Gasteiger partial charge in [-0.2, -0.15) is 0 Å². The summed E-state index contributed by atoms with van der Waals surface area (Å²) < 4.78 is 1.90. The van der Waals surface area contributed by atoms with Gasteiger partial charge in [0.05, 0.1) is 5.92 Å². The van der Waals surface area contributed by atoms with Crippen LogP contribution >= 0.6 is 0 Å². The van der Waals surface area contributed by atoms with Crippen molar-refractivity contribution in [2.75, 3.05) is 0 Å². The lowest BCUT2D eigenvalue weighted by Gasteiger charge is -2.09. The lowest BCUT2D eigenvalue weighted by Crippen LogP contribution is -2.08. The van der Waals surface area contributed by atoms with Crippen LogP contribution in [0.15, 0.2) is 53.6 Å². The minimum Gasteiger partial charge on any atom is -0.481 e. The van der Waals surface area contributed by atoms with Crippen molar-refractivity contribution < 1.29 is 9.90 Å². The summed E-state index contributed by atoms with van der Waals surface area (Å²) in [4.78, 5) is 21.9. The highest BCUT2D eigenvalue weighted by Crippen LogP contribution is 2.16. The molecule has 0 bridgehead atoms. The Labute approximate surface area is 110 Å². The van der Waals surface area contributed by atoms with E-state index in [1.807, 2.05) is 28.8 Å². The first-order valence-electron chi connectivity index (χ1n) is 6.04. The van der Waals surface area contributed by atoms with E-state index in [4.69, 9.17) is 5.11 Å². The molecule has 0 amide bonds. The lowest BCUT2D eigenvalue weighted by molar-refractivity contribution is -0.138. The van der Waals surface area contributed by atoms with E-state index in [2.05, 4.69) is 0 Å². The van der Waals surface area contributed by atoms with Crippen molar-refractivity contribution in [3.63, 3.8) is 0 Å². The standard InChI is InChI=1S/C15H15NO3/c1-11(15(18)19)13-4-2-12(3-5-13)10-16-8-6-14(17)7-9-16/h2-9,11H,10H2,1H3,(H,18,19). The van der Waals surface area contributed by atoms with E-state index >= 15 is 0 Å². The Morgan fingerprint density at radius 2 is 1.74 bits per heavy atom. The third-order valence-electron chi connectivity index (χ3n) is 3.08. The molecule has 1 unspecified atom stereocenters. The van der Waals surface area contributed by atoms with Crippen LogP contribution in [-0.2, 0) is 11.3 Å². The third-order valence-corrected chi connectivity index (χ3v) is 3.08. The monoisotopic (exact) mass is 257 g/mol. The Morgan fingerprint density at radius 1 is 1.16 bits per heavy atom. The molecule has 2 aromatic rings. The van der Waals surface area contributed by atoms with E-state index < -0.39 is 11.9 Å². The van der Waals surface area contributed by atoms with Gasteiger partial charge in [-0.1, -0.05) is 24.3 Å². The molecule has 19 heavy (non-hydrogen) atoms. The predicted molar refractivity (Wildman–Crippen MR) is 72.3 cm³/mol. The van der Waals surface area contributed by atoms with Gasteiger partial charge >= 0.3 is 5.97 Å². The van der Waals surface area contributed by atoms with Crippen LogP contribution in [0.2, 0.25) is 0 Å². The zero-order valence-electron chi connectivity index (χ0n) is 10.6. The molecular weight excluding hydrogens is 242 g/mol. The summed E-state index contributed by atoms with van der Waals surface area (Å²) in [5.41, 5.74) is 1.84. The number of aromatic nitrogens is 1. The Bertz CT molecular complexity index is 608. The SMILES string of the molecule is CC(C(=O)O)c1ccc(Cn2ccc(=O)cc2)cc1. The van der Waals surface area contributed by atoms with Crippen molar-refractivity contribution in [3.05, 3.63) is 70.1 Å². The summed E-state index contributed by atoms with van der Waals surface area (Å²) in [6.07, 6.45) is 3.46. The molecule has 2 rings (SSSR count). The number of rotatable bonds is 4. The number of benzene rings is 1. The molecular formula is C15H15NO3. The van der Waals surface area contributed by atoms with Gasteiger partial charge in [0, 0.05) is 31.1 Å². The number of aliphatic carboxylic acids is 1. The van der Waals surface area contributed by atoms with Crippen molar-refractivity contribution in [1.82, 2.24) is 4.57 Å². The molecule has 0 aliphatic heterocycles. The molecule has 1 heterocycles. The molecule has 4 heteroatoms. The average Bonchev–Trinajstić information content (AvgIpc) is 2.41. The van der Waals surface area contributed by atoms with Gasteiger partial charge in [0.25, 0.3) is 0 Å². The van der Waals surface area contributed by atoms with Crippen LogP contribution in [0, 0.1) is 0 Å². The second kappa shape index (κ2) is 5.52. The van der Waals surface area contributed by atoms with E-state index in [1.165, 1.54) is 12.1 Å². The fourth-order valence-corrected chi connectivity index (χ4v) is 1.81. The van der Waals surface area contributed by atoms with Crippen LogP contribution in [-0.4, -0.2) is 15.6 Å². The second-order valence-corrected chi connectivity index (χ2v) is 4.51. The molecule has 0 saturated heterocycles. The van der Waals surface area contributed by atoms with Gasteiger partial charge in [0.1, 0.15) is 0 Å². The van der Waals surface area contributed by atoms with Crippen molar-refractivity contribution in [2.24, 2.45) is 0 Å². The minimum absolute atomic E-state index is 0.0121. The van der Waals surface area contributed by atoms with E-state index in [0.717, 1.165) is 11.1 Å². The maximum Gasteiger partial charge on any atom is 0.310 e. The maximum atomic E-state index is 11.0. The van der Waals surface area contributed by atoms with E-state index in [0.29, 0.717) is 6.54 Å². The molecule has 1 atom stereocenters. The number of nitrogens with zero attached hydrogens (tertiary/aromatic N) is 1. The zero-order valence-corrected chi connectivity index (χ0v) is 10.6. The molecule has 0 aliphatic rings. The molecule has 0 spiro atoms. The highest BCUT2D eigenvalue weighted by molar-refractivity contribution is 5.75. The van der Waals surface area contributed by atoms with Crippen molar-refractivity contribution in [3.8, 4) is 0 Å². The molecule has 1 N–H and O–H groups in total. The molecule has 0 radical (unpaired) electrons. The topological polar surface area (TPSA) is 59.3 Å². The summed E-state index contributed by atoms with van der Waals surface area (Å²) >= 11 is 0. The Hall–Kier alpha value is -2.36. The molecule has 98 valence electrons. The Morgan fingerprint density at radius 3 is 2.26 bits per heavy atom. The van der Waals surface area contributed by atoms with E-state index in [-0.39, 0.29) is 5.43 Å². The minimum atomic E-state index is -0.826. The molecule has 4 nitrogen and oxygen atoms in total. The first-order chi connectivity index (χ1) is 9.06. The molecule has 1 aromatic carbocycles. The van der Waals surface area contributed by atoms with Crippen LogP contribution in [0.25, 0.3) is 0 Å². The molecule has 0 saturated carbocycles. The normalized spacial score (nSPS) is 12.1. The number of carboxylic acids is 1. The number of hydrogen-bond donors (Lipinski definition) is 1. The Kier molecular flexibility index (Phi) is 3.80. The maximum absolute atomic E-state index is 11.0. The summed E-state index contributed by atoms with van der Waals surface area (Å²) in [5, 5.41) is 8.93. The smallest absolute Gasteiger partial charge is 0.310 e. The average molecular weight is 257 g/mol. The van der Waals surface area contributed by atoms with Gasteiger partial charge in [-0.05, 0) is 18.1 Å². The van der Waals surface area contributed by atoms with Gasteiger partial charge in [0.15, 0.2) is 5.43 Å². The number of hydrogen-bond acceptors (Lipinski definition) is 2.